The predicted molar refractivity (Wildman–Crippen MR) is 113 cm³/mol. The molecule has 0 aliphatic carbocycles. The fourth-order valence-electron chi connectivity index (χ4n) is 3.34. The van der Waals surface area contributed by atoms with E-state index < -0.39 is 5.60 Å². The Hall–Kier alpha value is -1.53. The van der Waals surface area contributed by atoms with Gasteiger partial charge in [-0.1, -0.05) is 22.9 Å². The number of ether oxygens (including phenoxy) is 1. The lowest BCUT2D eigenvalue weighted by Gasteiger charge is -2.33. The maximum atomic E-state index is 12.1. The summed E-state index contributed by atoms with van der Waals surface area (Å²) in [5, 5.41) is 5.15. The highest BCUT2D eigenvalue weighted by Crippen LogP contribution is 2.31. The molecule has 27 heavy (non-hydrogen) atoms. The van der Waals surface area contributed by atoms with Crippen LogP contribution in [-0.2, 0) is 4.74 Å². The fraction of sp³-hybridized carbons (Fsp3) is 0.600. The molecule has 1 fully saturated rings. The van der Waals surface area contributed by atoms with Crippen molar-refractivity contribution >= 4 is 44.4 Å². The molecular weight excluding hydrogens is 382 g/mol. The van der Waals surface area contributed by atoms with E-state index in [0.717, 1.165) is 64.8 Å². The van der Waals surface area contributed by atoms with Gasteiger partial charge in [0.05, 0.1) is 10.2 Å². The number of aryl methyl sites for hydroxylation is 1. The number of thiazole rings is 1. The van der Waals surface area contributed by atoms with Gasteiger partial charge in [0.1, 0.15) is 5.60 Å². The van der Waals surface area contributed by atoms with E-state index in [-0.39, 0.29) is 6.09 Å². The van der Waals surface area contributed by atoms with Crippen molar-refractivity contribution in [3.8, 4) is 0 Å². The van der Waals surface area contributed by atoms with Crippen LogP contribution in [0.5, 0.6) is 0 Å². The van der Waals surface area contributed by atoms with Gasteiger partial charge in [-0.2, -0.15) is 0 Å². The van der Waals surface area contributed by atoms with Gasteiger partial charge >= 0.3 is 6.09 Å². The minimum atomic E-state index is -0.433. The molecule has 0 spiro atoms. The third-order valence-corrected chi connectivity index (χ3v) is 5.92. The molecule has 1 aromatic heterocycles. The molecule has 0 radical (unpaired) electrons. The van der Waals surface area contributed by atoms with Gasteiger partial charge in [0.2, 0.25) is 0 Å². The molecular formula is C20H28ClN3O2S. The number of carbonyl (C=O) groups excluding carboxylic acids is 1. The number of hydrogen-bond donors (Lipinski definition) is 1. The highest BCUT2D eigenvalue weighted by molar-refractivity contribution is 7.22. The van der Waals surface area contributed by atoms with Gasteiger partial charge in [-0.15, -0.1) is 0 Å². The quantitative estimate of drug-likeness (QED) is 0.702. The molecule has 2 heterocycles. The van der Waals surface area contributed by atoms with Crippen molar-refractivity contribution in [2.24, 2.45) is 5.92 Å². The lowest BCUT2D eigenvalue weighted by molar-refractivity contribution is 0.0182. The number of nitrogens with zero attached hydrogens (tertiary/aromatic N) is 2. The molecule has 1 aromatic carbocycles. The lowest BCUT2D eigenvalue weighted by atomic mass is 9.94. The van der Waals surface area contributed by atoms with E-state index in [0.29, 0.717) is 5.92 Å². The zero-order valence-corrected chi connectivity index (χ0v) is 18.0. The standard InChI is InChI=1S/C20H28ClN3O2S/c1-13-11-15(21)12-16-17(13)23-18(27-16)22-8-5-14-6-9-24(10-7-14)19(25)26-20(2,3)4/h11-12,14H,5-10H2,1-4H3,(H,22,23). The molecule has 0 atom stereocenters. The largest absolute Gasteiger partial charge is 0.444 e. The van der Waals surface area contributed by atoms with Crippen LogP contribution >= 0.6 is 22.9 Å². The number of fused-ring (bicyclic) bond motifs is 1. The Kier molecular flexibility index (Phi) is 6.16. The lowest BCUT2D eigenvalue weighted by Crippen LogP contribution is -2.41. The van der Waals surface area contributed by atoms with Gasteiger partial charge in [0.25, 0.3) is 0 Å². The van der Waals surface area contributed by atoms with Crippen molar-refractivity contribution in [3.05, 3.63) is 22.7 Å². The van der Waals surface area contributed by atoms with Crippen LogP contribution in [0.15, 0.2) is 12.1 Å². The maximum Gasteiger partial charge on any atom is 0.410 e. The summed E-state index contributed by atoms with van der Waals surface area (Å²) in [5.41, 5.74) is 1.70. The van der Waals surface area contributed by atoms with E-state index in [2.05, 4.69) is 10.3 Å². The molecule has 1 N–H and O–H groups in total. The molecule has 1 aliphatic rings. The first-order valence-electron chi connectivity index (χ1n) is 9.50. The van der Waals surface area contributed by atoms with Gasteiger partial charge < -0.3 is 15.0 Å². The number of aromatic nitrogens is 1. The van der Waals surface area contributed by atoms with Crippen molar-refractivity contribution in [2.75, 3.05) is 25.0 Å². The number of halogens is 1. The summed E-state index contributed by atoms with van der Waals surface area (Å²) in [6.45, 7) is 10.2. The van der Waals surface area contributed by atoms with Crippen molar-refractivity contribution in [3.63, 3.8) is 0 Å². The summed E-state index contributed by atoms with van der Waals surface area (Å²) in [7, 11) is 0. The Labute approximate surface area is 170 Å². The number of benzene rings is 1. The Bertz CT molecular complexity index is 807. The third kappa shape index (κ3) is 5.48. The molecule has 0 bridgehead atoms. The van der Waals surface area contributed by atoms with Crippen LogP contribution < -0.4 is 5.32 Å². The van der Waals surface area contributed by atoms with Crippen LogP contribution in [-0.4, -0.2) is 41.2 Å². The maximum absolute atomic E-state index is 12.1. The highest BCUT2D eigenvalue weighted by Gasteiger charge is 2.26. The normalized spacial score (nSPS) is 16.0. The molecule has 1 amide bonds. The van der Waals surface area contributed by atoms with E-state index in [1.54, 1.807) is 11.3 Å². The summed E-state index contributed by atoms with van der Waals surface area (Å²) in [4.78, 5) is 18.6. The number of anilines is 1. The van der Waals surface area contributed by atoms with Crippen LogP contribution in [0, 0.1) is 12.8 Å². The molecule has 1 aliphatic heterocycles. The minimum Gasteiger partial charge on any atom is -0.444 e. The number of carbonyl (C=O) groups is 1. The average molecular weight is 410 g/mol. The minimum absolute atomic E-state index is 0.192. The van der Waals surface area contributed by atoms with E-state index in [1.165, 1.54) is 0 Å². The SMILES string of the molecule is Cc1cc(Cl)cc2sc(NCCC3CCN(C(=O)OC(C)(C)C)CC3)nc12. The zero-order chi connectivity index (χ0) is 19.6. The Morgan fingerprint density at radius 1 is 1.37 bits per heavy atom. The van der Waals surface area contributed by atoms with Gasteiger partial charge in [-0.3, -0.25) is 0 Å². The van der Waals surface area contributed by atoms with Gasteiger partial charge in [-0.05, 0) is 70.6 Å². The monoisotopic (exact) mass is 409 g/mol. The van der Waals surface area contributed by atoms with Gasteiger partial charge in [0, 0.05) is 24.7 Å². The highest BCUT2D eigenvalue weighted by atomic mass is 35.5. The number of likely N-dealkylation sites (tertiary alicyclic amines) is 1. The first kappa shape index (κ1) is 20.2. The van der Waals surface area contributed by atoms with Crippen LogP contribution in [0.4, 0.5) is 9.93 Å². The van der Waals surface area contributed by atoms with Crippen molar-refractivity contribution in [1.82, 2.24) is 9.88 Å². The van der Waals surface area contributed by atoms with Gasteiger partial charge in [0.15, 0.2) is 5.13 Å². The number of rotatable bonds is 4. The van der Waals surface area contributed by atoms with Gasteiger partial charge in [-0.25, -0.2) is 9.78 Å². The predicted octanol–water partition coefficient (Wildman–Crippen LogP) is 5.71. The van der Waals surface area contributed by atoms with Crippen LogP contribution in [0.25, 0.3) is 10.2 Å². The molecule has 0 saturated carbocycles. The summed E-state index contributed by atoms with van der Waals surface area (Å²) < 4.78 is 6.58. The summed E-state index contributed by atoms with van der Waals surface area (Å²) in [6, 6.07) is 3.92. The molecule has 0 unspecified atom stereocenters. The molecule has 1 saturated heterocycles. The number of piperidine rings is 1. The van der Waals surface area contributed by atoms with E-state index in [1.807, 2.05) is 44.7 Å². The van der Waals surface area contributed by atoms with Crippen molar-refractivity contribution in [2.45, 2.75) is 52.6 Å². The van der Waals surface area contributed by atoms with Crippen molar-refractivity contribution < 1.29 is 9.53 Å². The first-order valence-corrected chi connectivity index (χ1v) is 10.7. The molecule has 5 nitrogen and oxygen atoms in total. The number of nitrogens with one attached hydrogen (secondary N) is 1. The van der Waals surface area contributed by atoms with E-state index >= 15 is 0 Å². The number of hydrogen-bond acceptors (Lipinski definition) is 5. The second-order valence-electron chi connectivity index (χ2n) is 8.21. The zero-order valence-electron chi connectivity index (χ0n) is 16.5. The Morgan fingerprint density at radius 3 is 2.74 bits per heavy atom. The Balaban J connectivity index is 1.44. The smallest absolute Gasteiger partial charge is 0.410 e. The second-order valence-corrected chi connectivity index (χ2v) is 9.68. The average Bonchev–Trinajstić information content (AvgIpc) is 2.97. The second kappa shape index (κ2) is 8.23. The topological polar surface area (TPSA) is 54.5 Å². The first-order chi connectivity index (χ1) is 12.7. The summed E-state index contributed by atoms with van der Waals surface area (Å²) in [6.07, 6.45) is 2.94. The summed E-state index contributed by atoms with van der Waals surface area (Å²) >= 11 is 7.78. The molecule has 7 heteroatoms. The molecule has 2 aromatic rings. The van der Waals surface area contributed by atoms with Crippen LogP contribution in [0.3, 0.4) is 0 Å². The molecule has 148 valence electrons. The fourth-order valence-corrected chi connectivity index (χ4v) is 4.69. The number of amides is 1. The van der Waals surface area contributed by atoms with Crippen LogP contribution in [0.2, 0.25) is 5.02 Å². The van der Waals surface area contributed by atoms with Crippen molar-refractivity contribution in [1.29, 1.82) is 0 Å². The van der Waals surface area contributed by atoms with E-state index in [4.69, 9.17) is 16.3 Å². The Morgan fingerprint density at radius 2 is 2.07 bits per heavy atom. The third-order valence-electron chi connectivity index (χ3n) is 4.75. The summed E-state index contributed by atoms with van der Waals surface area (Å²) in [5.74, 6) is 0.627. The van der Waals surface area contributed by atoms with Crippen LogP contribution in [0.1, 0.15) is 45.6 Å². The van der Waals surface area contributed by atoms with E-state index in [9.17, 15) is 4.79 Å². The molecule has 3 rings (SSSR count).